The van der Waals surface area contributed by atoms with Crippen molar-refractivity contribution in [3.8, 4) is 0 Å². The van der Waals surface area contributed by atoms with Gasteiger partial charge in [0.25, 0.3) is 0 Å². The van der Waals surface area contributed by atoms with E-state index in [0.29, 0.717) is 12.1 Å². The van der Waals surface area contributed by atoms with Gasteiger partial charge < -0.3 is 15.8 Å². The Balaban J connectivity index is 2.56. The molecule has 0 bridgehead atoms. The standard InChI is InChI=1S/C13H27N3O2/c1-5-15-13(3,12(14)17)8-10(2)16-7-6-11(9-16)18-4/h10-11,15H,5-9H2,1-4H3,(H2,14,17). The first-order valence-corrected chi connectivity index (χ1v) is 6.74. The second-order valence-electron chi connectivity index (χ2n) is 5.42. The summed E-state index contributed by atoms with van der Waals surface area (Å²) in [4.78, 5) is 14.0. The lowest BCUT2D eigenvalue weighted by Crippen LogP contribution is -2.56. The van der Waals surface area contributed by atoms with Gasteiger partial charge in [-0.1, -0.05) is 6.92 Å². The molecule has 1 rings (SSSR count). The van der Waals surface area contributed by atoms with E-state index < -0.39 is 5.54 Å². The number of likely N-dealkylation sites (N-methyl/N-ethyl adjacent to an activating group) is 1. The number of nitrogens with zero attached hydrogens (tertiary/aromatic N) is 1. The van der Waals surface area contributed by atoms with Crippen LogP contribution in [-0.4, -0.2) is 55.2 Å². The van der Waals surface area contributed by atoms with Gasteiger partial charge in [0.2, 0.25) is 5.91 Å². The molecule has 0 aromatic heterocycles. The highest BCUT2D eigenvalue weighted by Gasteiger charge is 2.35. The first-order valence-electron chi connectivity index (χ1n) is 6.74. The van der Waals surface area contributed by atoms with Crippen LogP contribution in [0.1, 0.15) is 33.6 Å². The van der Waals surface area contributed by atoms with Gasteiger partial charge in [0.15, 0.2) is 0 Å². The fourth-order valence-electron chi connectivity index (χ4n) is 2.72. The first-order chi connectivity index (χ1) is 8.42. The van der Waals surface area contributed by atoms with Crippen LogP contribution in [0.25, 0.3) is 0 Å². The molecule has 1 amide bonds. The van der Waals surface area contributed by atoms with E-state index in [9.17, 15) is 4.79 Å². The number of hydrogen-bond donors (Lipinski definition) is 2. The lowest BCUT2D eigenvalue weighted by atomic mass is 9.92. The molecule has 0 aliphatic carbocycles. The molecule has 106 valence electrons. The van der Waals surface area contributed by atoms with Crippen LogP contribution in [-0.2, 0) is 9.53 Å². The van der Waals surface area contributed by atoms with Crippen molar-refractivity contribution in [2.45, 2.75) is 51.3 Å². The molecule has 0 spiro atoms. The maximum atomic E-state index is 11.6. The van der Waals surface area contributed by atoms with Crippen molar-refractivity contribution in [1.29, 1.82) is 0 Å². The Labute approximate surface area is 110 Å². The molecule has 0 radical (unpaired) electrons. The molecule has 3 unspecified atom stereocenters. The number of hydrogen-bond acceptors (Lipinski definition) is 4. The second-order valence-corrected chi connectivity index (χ2v) is 5.42. The Hall–Kier alpha value is -0.650. The third-order valence-electron chi connectivity index (χ3n) is 3.95. The largest absolute Gasteiger partial charge is 0.380 e. The molecule has 1 aliphatic heterocycles. The third-order valence-corrected chi connectivity index (χ3v) is 3.95. The van der Waals surface area contributed by atoms with Gasteiger partial charge in [-0.3, -0.25) is 9.69 Å². The van der Waals surface area contributed by atoms with Crippen molar-refractivity contribution in [1.82, 2.24) is 10.2 Å². The number of nitrogens with two attached hydrogens (primary N) is 1. The van der Waals surface area contributed by atoms with E-state index in [4.69, 9.17) is 10.5 Å². The van der Waals surface area contributed by atoms with Gasteiger partial charge in [0.05, 0.1) is 11.6 Å². The van der Waals surface area contributed by atoms with Crippen molar-refractivity contribution in [3.05, 3.63) is 0 Å². The van der Waals surface area contributed by atoms with Crippen LogP contribution >= 0.6 is 0 Å². The molecule has 1 aliphatic rings. The van der Waals surface area contributed by atoms with E-state index in [0.717, 1.165) is 32.5 Å². The average Bonchev–Trinajstić information content (AvgIpc) is 2.77. The Morgan fingerprint density at radius 1 is 1.67 bits per heavy atom. The van der Waals surface area contributed by atoms with Crippen molar-refractivity contribution in [2.24, 2.45) is 5.73 Å². The molecule has 1 fully saturated rings. The van der Waals surface area contributed by atoms with Gasteiger partial charge in [-0.05, 0) is 33.2 Å². The zero-order valence-electron chi connectivity index (χ0n) is 12.0. The van der Waals surface area contributed by atoms with E-state index in [2.05, 4.69) is 17.1 Å². The van der Waals surface area contributed by atoms with Crippen molar-refractivity contribution >= 4 is 5.91 Å². The number of nitrogens with one attached hydrogen (secondary N) is 1. The fourth-order valence-corrected chi connectivity index (χ4v) is 2.72. The molecular formula is C13H27N3O2. The van der Waals surface area contributed by atoms with E-state index in [1.165, 1.54) is 0 Å². The molecule has 1 saturated heterocycles. The highest BCUT2D eigenvalue weighted by molar-refractivity contribution is 5.84. The van der Waals surface area contributed by atoms with Gasteiger partial charge >= 0.3 is 0 Å². The predicted octanol–water partition coefficient (Wildman–Crippen LogP) is 0.339. The molecular weight excluding hydrogens is 230 g/mol. The van der Waals surface area contributed by atoms with E-state index >= 15 is 0 Å². The summed E-state index contributed by atoms with van der Waals surface area (Å²) in [6.07, 6.45) is 2.12. The van der Waals surface area contributed by atoms with Crippen molar-refractivity contribution < 1.29 is 9.53 Å². The molecule has 0 saturated carbocycles. The summed E-state index contributed by atoms with van der Waals surface area (Å²) < 4.78 is 5.37. The lowest BCUT2D eigenvalue weighted by Gasteiger charge is -2.34. The molecule has 5 nitrogen and oxygen atoms in total. The minimum atomic E-state index is -0.626. The van der Waals surface area contributed by atoms with Gasteiger partial charge in [-0.25, -0.2) is 0 Å². The first kappa shape index (κ1) is 15.4. The summed E-state index contributed by atoms with van der Waals surface area (Å²) >= 11 is 0. The monoisotopic (exact) mass is 257 g/mol. The number of methoxy groups -OCH3 is 1. The fraction of sp³-hybridized carbons (Fsp3) is 0.923. The normalized spacial score (nSPS) is 25.9. The lowest BCUT2D eigenvalue weighted by molar-refractivity contribution is -0.124. The Kier molecular flexibility index (Phi) is 5.56. The summed E-state index contributed by atoms with van der Waals surface area (Å²) in [5.74, 6) is -0.279. The topological polar surface area (TPSA) is 67.6 Å². The van der Waals surface area contributed by atoms with Gasteiger partial charge in [0, 0.05) is 26.2 Å². The zero-order chi connectivity index (χ0) is 13.8. The number of carbonyl (C=O) groups excluding carboxylic acids is 1. The Morgan fingerprint density at radius 3 is 2.78 bits per heavy atom. The maximum absolute atomic E-state index is 11.6. The SMILES string of the molecule is CCNC(C)(CC(C)N1CCC(OC)C1)C(N)=O. The molecule has 18 heavy (non-hydrogen) atoms. The predicted molar refractivity (Wildman–Crippen MR) is 72.3 cm³/mol. The minimum Gasteiger partial charge on any atom is -0.380 e. The average molecular weight is 257 g/mol. The molecule has 3 atom stereocenters. The summed E-state index contributed by atoms with van der Waals surface area (Å²) in [6.45, 7) is 8.74. The van der Waals surface area contributed by atoms with Crippen LogP contribution in [0.4, 0.5) is 0 Å². The number of carbonyl (C=O) groups is 1. The third kappa shape index (κ3) is 3.67. The number of likely N-dealkylation sites (tertiary alicyclic amines) is 1. The van der Waals surface area contributed by atoms with Gasteiger partial charge in [0.1, 0.15) is 0 Å². The molecule has 0 aromatic carbocycles. The zero-order valence-corrected chi connectivity index (χ0v) is 12.0. The van der Waals surface area contributed by atoms with Crippen LogP contribution in [0.15, 0.2) is 0 Å². The maximum Gasteiger partial charge on any atom is 0.237 e. The van der Waals surface area contributed by atoms with E-state index in [1.807, 2.05) is 13.8 Å². The highest BCUT2D eigenvalue weighted by Crippen LogP contribution is 2.21. The van der Waals surface area contributed by atoms with Crippen LogP contribution in [0, 0.1) is 0 Å². The summed E-state index contributed by atoms with van der Waals surface area (Å²) in [5.41, 5.74) is 4.89. The smallest absolute Gasteiger partial charge is 0.237 e. The van der Waals surface area contributed by atoms with Gasteiger partial charge in [-0.2, -0.15) is 0 Å². The number of primary amides is 1. The summed E-state index contributed by atoms with van der Waals surface area (Å²) in [6, 6.07) is 0.321. The van der Waals surface area contributed by atoms with Crippen LogP contribution in [0.5, 0.6) is 0 Å². The van der Waals surface area contributed by atoms with Crippen molar-refractivity contribution in [2.75, 3.05) is 26.7 Å². The number of ether oxygens (including phenoxy) is 1. The summed E-state index contributed by atoms with van der Waals surface area (Å²) in [7, 11) is 1.75. The number of rotatable bonds is 7. The highest BCUT2D eigenvalue weighted by atomic mass is 16.5. The van der Waals surface area contributed by atoms with Crippen LogP contribution < -0.4 is 11.1 Å². The number of amides is 1. The summed E-state index contributed by atoms with van der Waals surface area (Å²) in [5, 5.41) is 3.21. The van der Waals surface area contributed by atoms with Crippen LogP contribution in [0.2, 0.25) is 0 Å². The van der Waals surface area contributed by atoms with Gasteiger partial charge in [-0.15, -0.1) is 0 Å². The molecule has 1 heterocycles. The van der Waals surface area contributed by atoms with Crippen LogP contribution in [0.3, 0.4) is 0 Å². The Bertz CT molecular complexity index is 285. The Morgan fingerprint density at radius 2 is 2.33 bits per heavy atom. The molecule has 3 N–H and O–H groups in total. The van der Waals surface area contributed by atoms with E-state index in [-0.39, 0.29) is 5.91 Å². The van der Waals surface area contributed by atoms with Crippen molar-refractivity contribution in [3.63, 3.8) is 0 Å². The minimum absolute atomic E-state index is 0.279. The van der Waals surface area contributed by atoms with E-state index in [1.54, 1.807) is 7.11 Å². The molecule has 5 heteroatoms. The second kappa shape index (κ2) is 6.50. The molecule has 0 aromatic rings. The quantitative estimate of drug-likeness (QED) is 0.690.